The van der Waals surface area contributed by atoms with Gasteiger partial charge >= 0.3 is 0 Å². The minimum absolute atomic E-state index is 0.642. The molecule has 0 aliphatic rings. The van der Waals surface area contributed by atoms with E-state index in [0.717, 1.165) is 39.0 Å². The first kappa shape index (κ1) is 18.8. The number of methoxy groups -OCH3 is 3. The Bertz CT molecular complexity index is 987. The van der Waals surface area contributed by atoms with Gasteiger partial charge in [0.25, 0.3) is 0 Å². The van der Waals surface area contributed by atoms with Crippen LogP contribution in [0.4, 0.5) is 5.69 Å². The molecule has 27 heavy (non-hydrogen) atoms. The van der Waals surface area contributed by atoms with E-state index >= 15 is 0 Å². The van der Waals surface area contributed by atoms with Gasteiger partial charge in [-0.25, -0.2) is 4.99 Å². The van der Waals surface area contributed by atoms with Crippen LogP contribution in [0.3, 0.4) is 0 Å². The third kappa shape index (κ3) is 4.06. The summed E-state index contributed by atoms with van der Waals surface area (Å²) < 4.78 is 18.2. The lowest BCUT2D eigenvalue weighted by molar-refractivity contribution is 0.395. The van der Waals surface area contributed by atoms with Crippen molar-refractivity contribution in [3.05, 3.63) is 65.3 Å². The maximum atomic E-state index is 5.57. The predicted octanol–water partition coefficient (Wildman–Crippen LogP) is 4.66. The average molecular weight is 382 g/mol. The van der Waals surface area contributed by atoms with Crippen molar-refractivity contribution in [2.45, 2.75) is 6.54 Å². The Morgan fingerprint density at radius 1 is 1.00 bits per heavy atom. The minimum Gasteiger partial charge on any atom is -0.497 e. The molecular weight excluding hydrogens is 360 g/mol. The van der Waals surface area contributed by atoms with Crippen LogP contribution < -0.4 is 19.0 Å². The third-order valence-electron chi connectivity index (χ3n) is 4.09. The van der Waals surface area contributed by atoms with Gasteiger partial charge in [0.05, 0.1) is 32.7 Å². The Kier molecular flexibility index (Phi) is 5.98. The largest absolute Gasteiger partial charge is 0.497 e. The van der Waals surface area contributed by atoms with Gasteiger partial charge < -0.3 is 18.8 Å². The summed E-state index contributed by atoms with van der Waals surface area (Å²) in [5, 5.41) is 2.08. The zero-order valence-electron chi connectivity index (χ0n) is 15.6. The predicted molar refractivity (Wildman–Crippen MR) is 109 cm³/mol. The van der Waals surface area contributed by atoms with E-state index in [4.69, 9.17) is 19.2 Å². The Morgan fingerprint density at radius 2 is 1.70 bits per heavy atom. The van der Waals surface area contributed by atoms with Crippen LogP contribution in [0.5, 0.6) is 17.2 Å². The number of hydrogen-bond donors (Lipinski definition) is 0. The fourth-order valence-corrected chi connectivity index (χ4v) is 3.65. The zero-order chi connectivity index (χ0) is 19.2. The number of nitrogens with zero attached hydrogens (tertiary/aromatic N) is 2. The van der Waals surface area contributed by atoms with Crippen LogP contribution in [0.25, 0.3) is 11.3 Å². The van der Waals surface area contributed by atoms with Gasteiger partial charge in [0.1, 0.15) is 17.2 Å². The van der Waals surface area contributed by atoms with E-state index in [1.54, 1.807) is 32.7 Å². The molecular formula is C21H22N2O3S. The Morgan fingerprint density at radius 3 is 2.33 bits per heavy atom. The molecule has 1 aromatic heterocycles. The summed E-state index contributed by atoms with van der Waals surface area (Å²) >= 11 is 1.58. The zero-order valence-corrected chi connectivity index (χ0v) is 16.5. The molecule has 0 aliphatic heterocycles. The molecule has 6 heteroatoms. The number of aromatic nitrogens is 1. The molecule has 0 radical (unpaired) electrons. The van der Waals surface area contributed by atoms with E-state index in [9.17, 15) is 0 Å². The van der Waals surface area contributed by atoms with Gasteiger partial charge in [-0.15, -0.1) is 17.9 Å². The van der Waals surface area contributed by atoms with E-state index < -0.39 is 0 Å². The summed E-state index contributed by atoms with van der Waals surface area (Å²) in [6, 6.07) is 13.5. The van der Waals surface area contributed by atoms with Crippen molar-refractivity contribution in [3.8, 4) is 28.5 Å². The highest BCUT2D eigenvalue weighted by Crippen LogP contribution is 2.33. The fraction of sp³-hybridized carbons (Fsp3) is 0.190. The lowest BCUT2D eigenvalue weighted by atomic mass is 10.1. The van der Waals surface area contributed by atoms with Crippen molar-refractivity contribution in [3.63, 3.8) is 0 Å². The summed E-state index contributed by atoms with van der Waals surface area (Å²) in [5.74, 6) is 2.31. The van der Waals surface area contributed by atoms with Crippen LogP contribution in [-0.4, -0.2) is 25.9 Å². The molecule has 0 unspecified atom stereocenters. The Labute approximate surface area is 162 Å². The van der Waals surface area contributed by atoms with Crippen molar-refractivity contribution in [1.29, 1.82) is 0 Å². The highest BCUT2D eigenvalue weighted by molar-refractivity contribution is 7.07. The van der Waals surface area contributed by atoms with Crippen LogP contribution in [0.1, 0.15) is 0 Å². The molecule has 0 N–H and O–H groups in total. The van der Waals surface area contributed by atoms with Gasteiger partial charge in [-0.1, -0.05) is 6.08 Å². The standard InChI is InChI=1S/C21H22N2O3S/c1-5-12-23-19(18-11-10-17(25-3)13-20(18)26-4)14-27-21(23)22-15-6-8-16(24-2)9-7-15/h5-11,13-14H,1,12H2,2-4H3. The molecule has 5 nitrogen and oxygen atoms in total. The maximum Gasteiger partial charge on any atom is 0.190 e. The van der Waals surface area contributed by atoms with Crippen LogP contribution >= 0.6 is 11.3 Å². The van der Waals surface area contributed by atoms with Crippen LogP contribution in [0.2, 0.25) is 0 Å². The number of allylic oxidation sites excluding steroid dienone is 1. The fourth-order valence-electron chi connectivity index (χ4n) is 2.72. The first-order valence-electron chi connectivity index (χ1n) is 8.40. The number of benzene rings is 2. The van der Waals surface area contributed by atoms with Crippen molar-refractivity contribution < 1.29 is 14.2 Å². The first-order valence-corrected chi connectivity index (χ1v) is 9.28. The molecule has 0 saturated heterocycles. The molecule has 0 amide bonds. The molecule has 0 fully saturated rings. The van der Waals surface area contributed by atoms with E-state index in [-0.39, 0.29) is 0 Å². The minimum atomic E-state index is 0.642. The first-order chi connectivity index (χ1) is 13.2. The second-order valence-electron chi connectivity index (χ2n) is 5.68. The summed E-state index contributed by atoms with van der Waals surface area (Å²) in [5.41, 5.74) is 2.86. The van der Waals surface area contributed by atoms with Gasteiger partial charge in [-0.3, -0.25) is 0 Å². The molecule has 0 aliphatic carbocycles. The van der Waals surface area contributed by atoms with Crippen LogP contribution in [-0.2, 0) is 6.54 Å². The van der Waals surface area contributed by atoms with Crippen molar-refractivity contribution in [2.24, 2.45) is 4.99 Å². The van der Waals surface area contributed by atoms with Gasteiger partial charge in [-0.05, 0) is 36.4 Å². The number of ether oxygens (including phenoxy) is 3. The van der Waals surface area contributed by atoms with Gasteiger partial charge in [-0.2, -0.15) is 0 Å². The van der Waals surface area contributed by atoms with E-state index in [2.05, 4.69) is 16.5 Å². The highest BCUT2D eigenvalue weighted by atomic mass is 32.1. The normalized spacial score (nSPS) is 11.3. The number of thiazole rings is 1. The lowest BCUT2D eigenvalue weighted by Crippen LogP contribution is -2.15. The van der Waals surface area contributed by atoms with Gasteiger partial charge in [0, 0.05) is 23.6 Å². The molecule has 0 bridgehead atoms. The molecule has 3 aromatic rings. The maximum absolute atomic E-state index is 5.57. The van der Waals surface area contributed by atoms with Gasteiger partial charge in [0.2, 0.25) is 0 Å². The number of rotatable bonds is 7. The summed E-state index contributed by atoms with van der Waals surface area (Å²) in [7, 11) is 4.95. The molecule has 0 atom stereocenters. The van der Waals surface area contributed by atoms with Gasteiger partial charge in [0.15, 0.2) is 4.80 Å². The quantitative estimate of drug-likeness (QED) is 0.558. The Hall–Kier alpha value is -2.99. The Balaban J connectivity index is 2.10. The topological polar surface area (TPSA) is 45.0 Å². The molecule has 3 rings (SSSR count). The van der Waals surface area contributed by atoms with Crippen LogP contribution in [0, 0.1) is 0 Å². The SMILES string of the molecule is C=CCn1c(-c2ccc(OC)cc2OC)csc1=Nc1ccc(OC)cc1. The second kappa shape index (κ2) is 8.60. The third-order valence-corrected chi connectivity index (χ3v) is 4.95. The highest BCUT2D eigenvalue weighted by Gasteiger charge is 2.13. The van der Waals surface area contributed by atoms with Crippen LogP contribution in [0.15, 0.2) is 65.5 Å². The molecule has 2 aromatic carbocycles. The van der Waals surface area contributed by atoms with Crippen molar-refractivity contribution >= 4 is 17.0 Å². The summed E-state index contributed by atoms with van der Waals surface area (Å²) in [4.78, 5) is 5.67. The summed E-state index contributed by atoms with van der Waals surface area (Å²) in [6.45, 7) is 4.53. The summed E-state index contributed by atoms with van der Waals surface area (Å²) in [6.07, 6.45) is 1.86. The average Bonchev–Trinajstić information content (AvgIpc) is 3.10. The smallest absolute Gasteiger partial charge is 0.190 e. The molecule has 0 spiro atoms. The van der Waals surface area contributed by atoms with E-state index in [1.807, 2.05) is 48.5 Å². The van der Waals surface area contributed by atoms with E-state index in [1.165, 1.54) is 0 Å². The molecule has 1 heterocycles. The monoisotopic (exact) mass is 382 g/mol. The number of hydrogen-bond acceptors (Lipinski definition) is 5. The molecule has 0 saturated carbocycles. The van der Waals surface area contributed by atoms with Crippen molar-refractivity contribution in [2.75, 3.05) is 21.3 Å². The molecule has 140 valence electrons. The van der Waals surface area contributed by atoms with E-state index in [0.29, 0.717) is 6.54 Å². The second-order valence-corrected chi connectivity index (χ2v) is 6.52. The lowest BCUT2D eigenvalue weighted by Gasteiger charge is -2.12. The van der Waals surface area contributed by atoms with Crippen molar-refractivity contribution in [1.82, 2.24) is 4.57 Å².